The number of alkyl halides is 1. The van der Waals surface area contributed by atoms with Crippen molar-refractivity contribution in [3.63, 3.8) is 0 Å². The average molecular weight is 272 g/mol. The Morgan fingerprint density at radius 2 is 1.94 bits per heavy atom. The number of hydrogen-bond donors (Lipinski definition) is 1. The van der Waals surface area contributed by atoms with Crippen LogP contribution < -0.4 is 5.32 Å². The van der Waals surface area contributed by atoms with E-state index in [9.17, 15) is 4.79 Å². The van der Waals surface area contributed by atoms with Crippen molar-refractivity contribution in [2.24, 2.45) is 5.41 Å². The van der Waals surface area contributed by atoms with Gasteiger partial charge in [-0.05, 0) is 35.9 Å². The first kappa shape index (κ1) is 14.4. The lowest BCUT2D eigenvalue weighted by atomic mass is 9.96. The Bertz CT molecular complexity index is 376. The summed E-state index contributed by atoms with van der Waals surface area (Å²) in [6.45, 7) is 4.63. The van der Waals surface area contributed by atoms with E-state index in [1.165, 1.54) is 0 Å². The highest BCUT2D eigenvalue weighted by Crippen LogP contribution is 2.17. The van der Waals surface area contributed by atoms with Crippen LogP contribution in [0.3, 0.4) is 0 Å². The van der Waals surface area contributed by atoms with Gasteiger partial charge in [-0.3, -0.25) is 4.79 Å². The van der Waals surface area contributed by atoms with E-state index < -0.39 is 0 Å². The monoisotopic (exact) mass is 271 g/mol. The highest BCUT2D eigenvalue weighted by Gasteiger charge is 2.17. The molecule has 0 spiro atoms. The Morgan fingerprint density at radius 3 is 2.41 bits per heavy atom. The average Bonchev–Trinajstić information content (AvgIpc) is 2.36. The normalized spacial score (nSPS) is 11.3. The van der Waals surface area contributed by atoms with Crippen LogP contribution in [0.4, 0.5) is 0 Å². The summed E-state index contributed by atoms with van der Waals surface area (Å²) in [5.74, 6) is 0.481. The number of carbonyl (C=O) groups excluding carboxylic acids is 1. The summed E-state index contributed by atoms with van der Waals surface area (Å²) >= 11 is 7.47. The van der Waals surface area contributed by atoms with Gasteiger partial charge in [0.1, 0.15) is 0 Å². The van der Waals surface area contributed by atoms with Gasteiger partial charge in [-0.1, -0.05) is 13.8 Å². The molecule has 4 heteroatoms. The number of rotatable bonds is 5. The van der Waals surface area contributed by atoms with Crippen molar-refractivity contribution in [2.75, 3.05) is 18.7 Å². The molecule has 1 rings (SSSR count). The lowest BCUT2D eigenvalue weighted by Crippen LogP contribution is -2.34. The molecule has 0 saturated heterocycles. The molecule has 0 aliphatic rings. The molecular weight excluding hydrogens is 254 g/mol. The molecule has 1 aromatic rings. The van der Waals surface area contributed by atoms with Crippen LogP contribution in [0, 0.1) is 5.41 Å². The number of amides is 1. The molecule has 17 heavy (non-hydrogen) atoms. The molecule has 0 heterocycles. The minimum Gasteiger partial charge on any atom is -0.351 e. The molecule has 0 unspecified atom stereocenters. The van der Waals surface area contributed by atoms with Crippen molar-refractivity contribution >= 4 is 29.3 Å². The fourth-order valence-corrected chi connectivity index (χ4v) is 1.71. The van der Waals surface area contributed by atoms with Crippen LogP contribution in [0.5, 0.6) is 0 Å². The number of benzene rings is 1. The van der Waals surface area contributed by atoms with Crippen molar-refractivity contribution in [2.45, 2.75) is 18.7 Å². The van der Waals surface area contributed by atoms with E-state index >= 15 is 0 Å². The molecule has 0 aliphatic carbocycles. The number of nitrogens with one attached hydrogen (secondary N) is 1. The molecule has 0 aliphatic heterocycles. The third-order valence-corrected chi connectivity index (χ3v) is 3.91. The fourth-order valence-electron chi connectivity index (χ4n) is 1.21. The van der Waals surface area contributed by atoms with Crippen LogP contribution in [0.15, 0.2) is 29.2 Å². The van der Waals surface area contributed by atoms with Gasteiger partial charge >= 0.3 is 0 Å². The quantitative estimate of drug-likeness (QED) is 0.657. The summed E-state index contributed by atoms with van der Waals surface area (Å²) in [5.41, 5.74) is 0.615. The Hall–Kier alpha value is -0.670. The Labute approximate surface area is 112 Å². The molecule has 1 N–H and O–H groups in total. The zero-order valence-corrected chi connectivity index (χ0v) is 12.0. The van der Waals surface area contributed by atoms with Crippen molar-refractivity contribution in [3.8, 4) is 0 Å². The summed E-state index contributed by atoms with van der Waals surface area (Å²) in [4.78, 5) is 13.0. The lowest BCUT2D eigenvalue weighted by Gasteiger charge is -2.21. The second-order valence-electron chi connectivity index (χ2n) is 4.71. The van der Waals surface area contributed by atoms with Crippen molar-refractivity contribution in [1.29, 1.82) is 0 Å². The zero-order chi connectivity index (χ0) is 12.9. The van der Waals surface area contributed by atoms with Gasteiger partial charge in [0.05, 0.1) is 0 Å². The highest BCUT2D eigenvalue weighted by atomic mass is 35.5. The van der Waals surface area contributed by atoms with Crippen LogP contribution >= 0.6 is 23.4 Å². The minimum atomic E-state index is -0.0730. The summed E-state index contributed by atoms with van der Waals surface area (Å²) in [7, 11) is 0. The van der Waals surface area contributed by atoms with Crippen molar-refractivity contribution in [1.82, 2.24) is 5.32 Å². The van der Waals surface area contributed by atoms with E-state index in [0.29, 0.717) is 18.0 Å². The first-order chi connectivity index (χ1) is 7.98. The number of thioether (sulfide) groups is 1. The second kappa shape index (κ2) is 6.31. The van der Waals surface area contributed by atoms with E-state index in [1.807, 2.05) is 44.4 Å². The van der Waals surface area contributed by atoms with Crippen LogP contribution in [0.25, 0.3) is 0 Å². The van der Waals surface area contributed by atoms with E-state index in [0.717, 1.165) is 4.90 Å². The highest BCUT2D eigenvalue weighted by molar-refractivity contribution is 7.98. The number of hydrogen-bond acceptors (Lipinski definition) is 2. The minimum absolute atomic E-state index is 0.0455. The molecule has 0 atom stereocenters. The molecule has 94 valence electrons. The first-order valence-electron chi connectivity index (χ1n) is 5.47. The molecule has 0 radical (unpaired) electrons. The molecule has 1 aromatic carbocycles. The third kappa shape index (κ3) is 4.60. The van der Waals surface area contributed by atoms with Crippen molar-refractivity contribution in [3.05, 3.63) is 29.8 Å². The topological polar surface area (TPSA) is 29.1 Å². The molecule has 2 nitrogen and oxygen atoms in total. The molecule has 1 amide bonds. The van der Waals surface area contributed by atoms with Gasteiger partial charge in [0.25, 0.3) is 5.91 Å². The SMILES string of the molecule is CSc1ccc(C(=O)NCC(C)(C)CCl)cc1. The smallest absolute Gasteiger partial charge is 0.251 e. The van der Waals surface area contributed by atoms with Crippen LogP contribution in [-0.2, 0) is 0 Å². The standard InChI is InChI=1S/C13H18ClNOS/c1-13(2,8-14)9-15-12(16)10-4-6-11(17-3)7-5-10/h4-7H,8-9H2,1-3H3,(H,15,16). The van der Waals surface area contributed by atoms with Gasteiger partial charge in [-0.15, -0.1) is 23.4 Å². The van der Waals surface area contributed by atoms with E-state index in [-0.39, 0.29) is 11.3 Å². The largest absolute Gasteiger partial charge is 0.351 e. The van der Waals surface area contributed by atoms with Gasteiger partial charge in [-0.2, -0.15) is 0 Å². The Kier molecular flexibility index (Phi) is 5.34. The van der Waals surface area contributed by atoms with Gasteiger partial charge in [0.15, 0.2) is 0 Å². The molecule has 0 fully saturated rings. The van der Waals surface area contributed by atoms with Crippen molar-refractivity contribution < 1.29 is 4.79 Å². The summed E-state index contributed by atoms with van der Waals surface area (Å²) in [6.07, 6.45) is 2.01. The molecule has 0 saturated carbocycles. The van der Waals surface area contributed by atoms with E-state index in [4.69, 9.17) is 11.6 Å². The summed E-state index contributed by atoms with van der Waals surface area (Å²) < 4.78 is 0. The van der Waals surface area contributed by atoms with Gasteiger partial charge in [-0.25, -0.2) is 0 Å². The van der Waals surface area contributed by atoms with Gasteiger partial charge < -0.3 is 5.32 Å². The number of carbonyl (C=O) groups is 1. The Balaban J connectivity index is 2.58. The van der Waals surface area contributed by atoms with E-state index in [1.54, 1.807) is 11.8 Å². The van der Waals surface area contributed by atoms with Crippen LogP contribution in [0.2, 0.25) is 0 Å². The zero-order valence-electron chi connectivity index (χ0n) is 10.4. The maximum absolute atomic E-state index is 11.8. The lowest BCUT2D eigenvalue weighted by molar-refractivity contribution is 0.0940. The van der Waals surface area contributed by atoms with Gasteiger partial charge in [0.2, 0.25) is 0 Å². The van der Waals surface area contributed by atoms with Gasteiger partial charge in [0, 0.05) is 22.9 Å². The summed E-state index contributed by atoms with van der Waals surface area (Å²) in [6, 6.07) is 7.59. The third-order valence-electron chi connectivity index (χ3n) is 2.44. The molecule has 0 bridgehead atoms. The second-order valence-corrected chi connectivity index (χ2v) is 5.86. The Morgan fingerprint density at radius 1 is 1.35 bits per heavy atom. The predicted molar refractivity (Wildman–Crippen MR) is 75.1 cm³/mol. The van der Waals surface area contributed by atoms with Crippen LogP contribution in [-0.4, -0.2) is 24.6 Å². The molecular formula is C13H18ClNOS. The number of halogens is 1. The maximum Gasteiger partial charge on any atom is 0.251 e. The van der Waals surface area contributed by atoms with E-state index in [2.05, 4.69) is 5.32 Å². The maximum atomic E-state index is 11.8. The fraction of sp³-hybridized carbons (Fsp3) is 0.462. The first-order valence-corrected chi connectivity index (χ1v) is 7.23. The van der Waals surface area contributed by atoms with Crippen LogP contribution in [0.1, 0.15) is 24.2 Å². The summed E-state index contributed by atoms with van der Waals surface area (Å²) in [5, 5.41) is 2.90. The predicted octanol–water partition coefficient (Wildman–Crippen LogP) is 3.40. The molecule has 0 aromatic heterocycles.